The summed E-state index contributed by atoms with van der Waals surface area (Å²) in [6.07, 6.45) is 3.41. The number of H-pyrrole nitrogens is 1. The van der Waals surface area contributed by atoms with Gasteiger partial charge in [0.25, 0.3) is 5.91 Å². The zero-order chi connectivity index (χ0) is 10.7. The predicted molar refractivity (Wildman–Crippen MR) is 58.8 cm³/mol. The van der Waals surface area contributed by atoms with Gasteiger partial charge in [0.05, 0.1) is 10.9 Å². The molecule has 0 saturated heterocycles. The minimum atomic E-state index is -0.102. The van der Waals surface area contributed by atoms with Crippen molar-refractivity contribution in [3.05, 3.63) is 40.6 Å². The van der Waals surface area contributed by atoms with Gasteiger partial charge in [0.1, 0.15) is 5.82 Å². The van der Waals surface area contributed by atoms with E-state index in [9.17, 15) is 4.79 Å². The van der Waals surface area contributed by atoms with Gasteiger partial charge in [0.2, 0.25) is 0 Å². The number of imidazole rings is 1. The van der Waals surface area contributed by atoms with Crippen LogP contribution in [0.25, 0.3) is 0 Å². The molecule has 0 aliphatic carbocycles. The van der Waals surface area contributed by atoms with Gasteiger partial charge in [-0.15, -0.1) is 11.3 Å². The minimum absolute atomic E-state index is 0.0612. The molecule has 0 saturated carbocycles. The van der Waals surface area contributed by atoms with E-state index >= 15 is 0 Å². The van der Waals surface area contributed by atoms with Gasteiger partial charge in [-0.1, -0.05) is 6.07 Å². The summed E-state index contributed by atoms with van der Waals surface area (Å²) in [4.78, 5) is 19.4. The number of carbonyl (C=O) groups excluding carboxylic acids is 1. The Morgan fingerprint density at radius 2 is 2.53 bits per heavy atom. The number of rotatable bonds is 3. The lowest BCUT2D eigenvalue weighted by atomic mass is 10.3. The van der Waals surface area contributed by atoms with Crippen LogP contribution in [0, 0.1) is 0 Å². The lowest BCUT2D eigenvalue weighted by Crippen LogP contribution is -2.26. The molecule has 0 aliphatic heterocycles. The van der Waals surface area contributed by atoms with E-state index in [4.69, 9.17) is 0 Å². The second-order valence-electron chi connectivity index (χ2n) is 3.15. The highest BCUT2D eigenvalue weighted by molar-refractivity contribution is 7.12. The van der Waals surface area contributed by atoms with Crippen molar-refractivity contribution in [2.24, 2.45) is 0 Å². The highest BCUT2D eigenvalue weighted by Crippen LogP contribution is 2.11. The maximum absolute atomic E-state index is 11.7. The molecular weight excluding hydrogens is 210 g/mol. The van der Waals surface area contributed by atoms with E-state index in [0.29, 0.717) is 4.88 Å². The molecule has 0 aliphatic rings. The first-order chi connectivity index (χ1) is 7.27. The highest BCUT2D eigenvalue weighted by Gasteiger charge is 2.13. The van der Waals surface area contributed by atoms with Crippen molar-refractivity contribution >= 4 is 17.2 Å². The van der Waals surface area contributed by atoms with E-state index in [1.54, 1.807) is 18.5 Å². The van der Waals surface area contributed by atoms with Crippen LogP contribution in [0.3, 0.4) is 0 Å². The van der Waals surface area contributed by atoms with Gasteiger partial charge in [-0.05, 0) is 18.4 Å². The van der Waals surface area contributed by atoms with Gasteiger partial charge >= 0.3 is 0 Å². The van der Waals surface area contributed by atoms with E-state index in [1.165, 1.54) is 11.3 Å². The number of aromatic amines is 1. The zero-order valence-electron chi connectivity index (χ0n) is 8.23. The molecule has 0 spiro atoms. The fraction of sp³-hybridized carbons (Fsp3) is 0.200. The molecule has 4 nitrogen and oxygen atoms in total. The van der Waals surface area contributed by atoms with Crippen LogP contribution in [0.1, 0.15) is 28.5 Å². The summed E-state index contributed by atoms with van der Waals surface area (Å²) in [7, 11) is 0. The molecule has 15 heavy (non-hydrogen) atoms. The van der Waals surface area contributed by atoms with Crippen LogP contribution in [0.15, 0.2) is 29.9 Å². The Bertz CT molecular complexity index is 421. The summed E-state index contributed by atoms with van der Waals surface area (Å²) in [6.45, 7) is 1.89. The second kappa shape index (κ2) is 4.27. The summed E-state index contributed by atoms with van der Waals surface area (Å²) >= 11 is 1.43. The molecule has 1 unspecified atom stereocenters. The number of thiophene rings is 1. The van der Waals surface area contributed by atoms with Gasteiger partial charge in [-0.3, -0.25) is 4.79 Å². The fourth-order valence-electron chi connectivity index (χ4n) is 1.26. The SMILES string of the molecule is CC(NC(=O)c1cccs1)c1ncc[nH]1. The Labute approximate surface area is 91.4 Å². The van der Waals surface area contributed by atoms with Crippen molar-refractivity contribution in [3.63, 3.8) is 0 Å². The zero-order valence-corrected chi connectivity index (χ0v) is 9.04. The molecule has 0 aromatic carbocycles. The number of carbonyl (C=O) groups is 1. The summed E-state index contributed by atoms with van der Waals surface area (Å²) in [5, 5.41) is 4.74. The normalized spacial score (nSPS) is 12.3. The quantitative estimate of drug-likeness (QED) is 0.832. The Morgan fingerprint density at radius 1 is 1.67 bits per heavy atom. The van der Waals surface area contributed by atoms with Crippen molar-refractivity contribution in [1.29, 1.82) is 0 Å². The highest BCUT2D eigenvalue weighted by atomic mass is 32.1. The van der Waals surface area contributed by atoms with Gasteiger partial charge in [-0.2, -0.15) is 0 Å². The number of nitrogens with one attached hydrogen (secondary N) is 2. The van der Waals surface area contributed by atoms with E-state index in [2.05, 4.69) is 15.3 Å². The van der Waals surface area contributed by atoms with Crippen LogP contribution in [-0.2, 0) is 0 Å². The molecule has 1 amide bonds. The molecule has 0 bridgehead atoms. The lowest BCUT2D eigenvalue weighted by Gasteiger charge is -2.09. The van der Waals surface area contributed by atoms with Gasteiger partial charge in [-0.25, -0.2) is 4.98 Å². The molecule has 2 aromatic heterocycles. The summed E-state index contributed by atoms with van der Waals surface area (Å²) < 4.78 is 0. The Hall–Kier alpha value is -1.62. The van der Waals surface area contributed by atoms with E-state index in [0.717, 1.165) is 5.82 Å². The van der Waals surface area contributed by atoms with E-state index in [1.807, 2.05) is 18.4 Å². The third kappa shape index (κ3) is 2.24. The van der Waals surface area contributed by atoms with Crippen molar-refractivity contribution in [2.75, 3.05) is 0 Å². The molecule has 1 atom stereocenters. The maximum atomic E-state index is 11.7. The van der Waals surface area contributed by atoms with Crippen LogP contribution in [0.4, 0.5) is 0 Å². The first-order valence-electron chi connectivity index (χ1n) is 4.61. The Morgan fingerprint density at radius 3 is 3.13 bits per heavy atom. The number of amides is 1. The molecule has 5 heteroatoms. The molecule has 2 heterocycles. The van der Waals surface area contributed by atoms with E-state index < -0.39 is 0 Å². The van der Waals surface area contributed by atoms with E-state index in [-0.39, 0.29) is 11.9 Å². The molecule has 0 fully saturated rings. The van der Waals surface area contributed by atoms with Crippen molar-refractivity contribution in [1.82, 2.24) is 15.3 Å². The Kier molecular flexibility index (Phi) is 2.82. The smallest absolute Gasteiger partial charge is 0.261 e. The number of aromatic nitrogens is 2. The molecular formula is C10H11N3OS. The molecule has 2 aromatic rings. The standard InChI is InChI=1S/C10H11N3OS/c1-7(9-11-4-5-12-9)13-10(14)8-3-2-6-15-8/h2-7H,1H3,(H,11,12)(H,13,14). The molecule has 78 valence electrons. The third-order valence-electron chi connectivity index (χ3n) is 2.02. The summed E-state index contributed by atoms with van der Waals surface area (Å²) in [5.41, 5.74) is 0. The summed E-state index contributed by atoms with van der Waals surface area (Å²) in [6, 6.07) is 3.56. The van der Waals surface area contributed by atoms with Crippen LogP contribution in [0.2, 0.25) is 0 Å². The van der Waals surface area contributed by atoms with Gasteiger partial charge in [0, 0.05) is 12.4 Å². The van der Waals surface area contributed by atoms with Crippen LogP contribution in [0.5, 0.6) is 0 Å². The minimum Gasteiger partial charge on any atom is -0.347 e. The van der Waals surface area contributed by atoms with Crippen molar-refractivity contribution < 1.29 is 4.79 Å². The first kappa shape index (κ1) is 9.92. The summed E-state index contributed by atoms with van der Waals surface area (Å²) in [5.74, 6) is 0.703. The number of hydrogen-bond donors (Lipinski definition) is 2. The largest absolute Gasteiger partial charge is 0.347 e. The van der Waals surface area contributed by atoms with Crippen molar-refractivity contribution in [2.45, 2.75) is 13.0 Å². The topological polar surface area (TPSA) is 57.8 Å². The number of nitrogens with zero attached hydrogens (tertiary/aromatic N) is 1. The second-order valence-corrected chi connectivity index (χ2v) is 4.09. The van der Waals surface area contributed by atoms with Crippen LogP contribution < -0.4 is 5.32 Å². The third-order valence-corrected chi connectivity index (χ3v) is 2.89. The molecule has 2 N–H and O–H groups in total. The van der Waals surface area contributed by atoms with Gasteiger partial charge in [0.15, 0.2) is 0 Å². The molecule has 0 radical (unpaired) electrons. The average molecular weight is 221 g/mol. The van der Waals surface area contributed by atoms with Crippen LogP contribution >= 0.6 is 11.3 Å². The average Bonchev–Trinajstić information content (AvgIpc) is 2.91. The monoisotopic (exact) mass is 221 g/mol. The lowest BCUT2D eigenvalue weighted by molar-refractivity contribution is 0.0942. The Balaban J connectivity index is 2.01. The van der Waals surface area contributed by atoms with Crippen LogP contribution in [-0.4, -0.2) is 15.9 Å². The number of hydrogen-bond acceptors (Lipinski definition) is 3. The fourth-order valence-corrected chi connectivity index (χ4v) is 1.89. The first-order valence-corrected chi connectivity index (χ1v) is 5.49. The van der Waals surface area contributed by atoms with Crippen molar-refractivity contribution in [3.8, 4) is 0 Å². The predicted octanol–water partition coefficient (Wildman–Crippen LogP) is 1.96. The molecule has 2 rings (SSSR count). The van der Waals surface area contributed by atoms with Gasteiger partial charge < -0.3 is 10.3 Å². The maximum Gasteiger partial charge on any atom is 0.261 e.